The van der Waals surface area contributed by atoms with E-state index >= 15 is 8.42 Å². The predicted octanol–water partition coefficient (Wildman–Crippen LogP) is 11.6. The van der Waals surface area contributed by atoms with Gasteiger partial charge < -0.3 is 23.7 Å². The lowest BCUT2D eigenvalue weighted by molar-refractivity contribution is -0.244. The lowest BCUT2D eigenvalue weighted by atomic mass is 9.83. The predicted molar refractivity (Wildman–Crippen MR) is 253 cm³/mol. The summed E-state index contributed by atoms with van der Waals surface area (Å²) < 4.78 is 104. The summed E-state index contributed by atoms with van der Waals surface area (Å²) in [6.07, 6.45) is -1.39. The third-order valence-electron chi connectivity index (χ3n) is 14.2. The van der Waals surface area contributed by atoms with Crippen LogP contribution in [-0.4, -0.2) is 56.5 Å². The molecule has 0 saturated carbocycles. The third-order valence-corrected chi connectivity index (χ3v) is 17.1. The highest BCUT2D eigenvalue weighted by Gasteiger charge is 2.59. The molecule has 2 aliphatic heterocycles. The van der Waals surface area contributed by atoms with Gasteiger partial charge in [-0.05, 0) is 92.9 Å². The van der Waals surface area contributed by atoms with Crippen molar-refractivity contribution in [3.8, 4) is 0 Å². The quantitative estimate of drug-likeness (QED) is 0.0994. The van der Waals surface area contributed by atoms with E-state index in [4.69, 9.17) is 32.1 Å². The van der Waals surface area contributed by atoms with E-state index in [2.05, 4.69) is 41.5 Å². The van der Waals surface area contributed by atoms with Crippen LogP contribution in [0.1, 0.15) is 192 Å². The zero-order valence-corrected chi connectivity index (χ0v) is 42.0. The summed E-state index contributed by atoms with van der Waals surface area (Å²) in [6, 6.07) is 23.1. The molecular weight excluding hydrogens is 877 g/mol. The first kappa shape index (κ1) is 48.9. The standard InChI is InChI=1S/C53H68O11S2/c1-31(2)37-26-41(33(5)6)49(65(54,55)63-47-30-52(59-22-23-60-52)45-18-14-12-16-39(45)47)43(28-37)35(9)20-21-36(10)44-29-38(32(3)4)27-42(34(7)8)50(44)66(56,57)64-48-40-17-13-15-19-46(40)53(51(48)58-11)61-24-25-62-53/h12-19,26-29,31-36,47-48,51H,20-25,30H2,1-11H3/t35?,36?,47?,48-,51?/m1/s1. The van der Waals surface area contributed by atoms with E-state index in [-0.39, 0.29) is 51.7 Å². The Bertz CT molecular complexity index is 2640. The molecule has 4 aromatic carbocycles. The van der Waals surface area contributed by atoms with E-state index in [0.29, 0.717) is 72.6 Å². The van der Waals surface area contributed by atoms with Crippen LogP contribution in [0.25, 0.3) is 0 Å². The zero-order valence-electron chi connectivity index (χ0n) is 40.4. The van der Waals surface area contributed by atoms with Crippen molar-refractivity contribution in [3.63, 3.8) is 0 Å². The Balaban J connectivity index is 1.15. The molecule has 2 saturated heterocycles. The fourth-order valence-electron chi connectivity index (χ4n) is 10.5. The molecule has 2 heterocycles. The molecule has 358 valence electrons. The number of benzene rings is 4. The fraction of sp³-hybridized carbons (Fsp3) is 0.547. The van der Waals surface area contributed by atoms with Crippen LogP contribution >= 0.6 is 0 Å². The molecule has 4 aromatic rings. The summed E-state index contributed by atoms with van der Waals surface area (Å²) in [7, 11) is -7.30. The van der Waals surface area contributed by atoms with Gasteiger partial charge in [0, 0.05) is 24.7 Å². The summed E-state index contributed by atoms with van der Waals surface area (Å²) >= 11 is 0. The van der Waals surface area contributed by atoms with Gasteiger partial charge in [0.1, 0.15) is 28.1 Å². The molecule has 13 heteroatoms. The molecule has 2 spiro atoms. The van der Waals surface area contributed by atoms with Gasteiger partial charge >= 0.3 is 0 Å². The zero-order chi connectivity index (χ0) is 47.5. The Labute approximate surface area is 393 Å². The first-order valence-electron chi connectivity index (χ1n) is 23.7. The van der Waals surface area contributed by atoms with Crippen molar-refractivity contribution in [2.75, 3.05) is 33.5 Å². The van der Waals surface area contributed by atoms with Crippen molar-refractivity contribution >= 4 is 20.2 Å². The van der Waals surface area contributed by atoms with Gasteiger partial charge in [0.25, 0.3) is 20.2 Å². The van der Waals surface area contributed by atoms with Crippen molar-refractivity contribution in [1.29, 1.82) is 0 Å². The number of hydrogen-bond donors (Lipinski definition) is 0. The minimum atomic E-state index is -4.46. The van der Waals surface area contributed by atoms with Crippen molar-refractivity contribution in [3.05, 3.63) is 128 Å². The highest BCUT2D eigenvalue weighted by molar-refractivity contribution is 7.87. The first-order valence-corrected chi connectivity index (χ1v) is 26.6. The van der Waals surface area contributed by atoms with E-state index in [0.717, 1.165) is 22.3 Å². The monoisotopic (exact) mass is 944 g/mol. The normalized spacial score (nSPS) is 22.1. The summed E-state index contributed by atoms with van der Waals surface area (Å²) in [5, 5.41) is 0. The van der Waals surface area contributed by atoms with Crippen LogP contribution in [0.15, 0.2) is 82.6 Å². The molecule has 0 N–H and O–H groups in total. The molecule has 66 heavy (non-hydrogen) atoms. The van der Waals surface area contributed by atoms with Gasteiger partial charge in [0.15, 0.2) is 5.79 Å². The lowest BCUT2D eigenvalue weighted by Crippen LogP contribution is -2.41. The van der Waals surface area contributed by atoms with Crippen molar-refractivity contribution in [1.82, 2.24) is 0 Å². The molecule has 2 aliphatic carbocycles. The molecule has 0 amide bonds. The number of ether oxygens (including phenoxy) is 5. The van der Waals surface area contributed by atoms with Crippen molar-refractivity contribution in [2.24, 2.45) is 0 Å². The van der Waals surface area contributed by atoms with E-state index in [1.165, 1.54) is 7.11 Å². The second-order valence-electron chi connectivity index (χ2n) is 19.9. The van der Waals surface area contributed by atoms with Crippen LogP contribution in [-0.2, 0) is 63.9 Å². The SMILES string of the molecule is COC1[C@H](OS(=O)(=O)c2c(C(C)C)cc(C(C)C)cc2C(C)CCC(C)c2cc(C(C)C)cc(C(C)C)c2S(=O)(=O)OC2CC3(OCCO3)c3ccccc32)c2ccccc2C12OCCO2. The van der Waals surface area contributed by atoms with E-state index < -0.39 is 50.1 Å². The fourth-order valence-corrected chi connectivity index (χ4v) is 13.9. The van der Waals surface area contributed by atoms with Gasteiger partial charge in [0.2, 0.25) is 5.79 Å². The summed E-state index contributed by atoms with van der Waals surface area (Å²) in [5.41, 5.74) is 7.69. The summed E-state index contributed by atoms with van der Waals surface area (Å²) in [6.45, 7) is 22.1. The van der Waals surface area contributed by atoms with Crippen molar-refractivity contribution in [2.45, 2.75) is 164 Å². The minimum Gasteiger partial charge on any atom is -0.372 e. The van der Waals surface area contributed by atoms with E-state index in [1.807, 2.05) is 100 Å². The molecule has 4 unspecified atom stereocenters. The molecule has 11 nitrogen and oxygen atoms in total. The van der Waals surface area contributed by atoms with Crippen LogP contribution < -0.4 is 0 Å². The van der Waals surface area contributed by atoms with Crippen LogP contribution in [0.5, 0.6) is 0 Å². The molecular formula is C53H68O11S2. The second kappa shape index (κ2) is 18.8. The van der Waals surface area contributed by atoms with Gasteiger partial charge in [-0.2, -0.15) is 16.8 Å². The first-order chi connectivity index (χ1) is 31.2. The molecule has 0 bridgehead atoms. The van der Waals surface area contributed by atoms with Crippen LogP contribution in [0.2, 0.25) is 0 Å². The highest BCUT2D eigenvalue weighted by atomic mass is 32.2. The van der Waals surface area contributed by atoms with Crippen molar-refractivity contribution < 1.29 is 48.9 Å². The Morgan fingerprint density at radius 1 is 0.561 bits per heavy atom. The Hall–Kier alpha value is -3.50. The molecule has 0 aromatic heterocycles. The van der Waals surface area contributed by atoms with Crippen LogP contribution in [0.3, 0.4) is 0 Å². The Kier molecular flexibility index (Phi) is 13.9. The second-order valence-corrected chi connectivity index (χ2v) is 22.9. The molecule has 2 fully saturated rings. The Morgan fingerprint density at radius 3 is 1.48 bits per heavy atom. The summed E-state index contributed by atoms with van der Waals surface area (Å²) in [5.74, 6) is -2.88. The van der Waals surface area contributed by atoms with Gasteiger partial charge in [-0.15, -0.1) is 0 Å². The number of rotatable bonds is 16. The number of hydrogen-bond acceptors (Lipinski definition) is 11. The maximum Gasteiger partial charge on any atom is 0.298 e. The highest BCUT2D eigenvalue weighted by Crippen LogP contribution is 2.54. The summed E-state index contributed by atoms with van der Waals surface area (Å²) in [4.78, 5) is 0.362. The van der Waals surface area contributed by atoms with Gasteiger partial charge in [-0.25, -0.2) is 0 Å². The minimum absolute atomic E-state index is 0.121. The van der Waals surface area contributed by atoms with Gasteiger partial charge in [0.05, 0.1) is 26.4 Å². The topological polar surface area (TPSA) is 133 Å². The van der Waals surface area contributed by atoms with E-state index in [1.54, 1.807) is 0 Å². The maximum absolute atomic E-state index is 15.2. The number of methoxy groups -OCH3 is 1. The number of fused-ring (bicyclic) bond motifs is 4. The van der Waals surface area contributed by atoms with Crippen LogP contribution in [0, 0.1) is 0 Å². The maximum atomic E-state index is 15.2. The third kappa shape index (κ3) is 8.75. The smallest absolute Gasteiger partial charge is 0.298 e. The Morgan fingerprint density at radius 2 is 1.00 bits per heavy atom. The molecule has 8 rings (SSSR count). The largest absolute Gasteiger partial charge is 0.372 e. The molecule has 5 atom stereocenters. The average Bonchev–Trinajstić information content (AvgIpc) is 4.08. The van der Waals surface area contributed by atoms with Gasteiger partial charge in [-0.3, -0.25) is 8.37 Å². The lowest BCUT2D eigenvalue weighted by Gasteiger charge is -2.31. The average molecular weight is 945 g/mol. The molecule has 0 radical (unpaired) electrons. The van der Waals surface area contributed by atoms with E-state index in [9.17, 15) is 8.42 Å². The van der Waals surface area contributed by atoms with Gasteiger partial charge in [-0.1, -0.05) is 142 Å². The molecule has 4 aliphatic rings. The van der Waals surface area contributed by atoms with Crippen LogP contribution in [0.4, 0.5) is 0 Å².